The first-order valence-electron chi connectivity index (χ1n) is 7.76. The van der Waals surface area contributed by atoms with Gasteiger partial charge in [0.15, 0.2) is 5.13 Å². The average molecular weight is 315 g/mol. The Balaban J connectivity index is 1.48. The monoisotopic (exact) mass is 315 g/mol. The molecule has 0 spiro atoms. The van der Waals surface area contributed by atoms with E-state index >= 15 is 0 Å². The van der Waals surface area contributed by atoms with Crippen molar-refractivity contribution >= 4 is 22.4 Å². The Bertz CT molecular complexity index is 630. The summed E-state index contributed by atoms with van der Waals surface area (Å²) in [6, 6.07) is 7.63. The minimum atomic E-state index is -0.0185. The van der Waals surface area contributed by atoms with Crippen LogP contribution in [0.3, 0.4) is 0 Å². The van der Waals surface area contributed by atoms with Crippen LogP contribution < -0.4 is 10.2 Å². The van der Waals surface area contributed by atoms with E-state index in [1.807, 2.05) is 31.2 Å². The SMILES string of the molecule is Cc1ccc(C(=O)NCCc2csc(N3CCCC3)n2)cc1. The zero-order chi connectivity index (χ0) is 15.4. The van der Waals surface area contributed by atoms with Crippen LogP contribution in [0.2, 0.25) is 0 Å². The molecule has 3 rings (SSSR count). The predicted molar refractivity (Wildman–Crippen MR) is 90.8 cm³/mol. The first-order chi connectivity index (χ1) is 10.7. The van der Waals surface area contributed by atoms with Gasteiger partial charge in [-0.25, -0.2) is 4.98 Å². The van der Waals surface area contributed by atoms with Crippen LogP contribution in [-0.2, 0) is 6.42 Å². The van der Waals surface area contributed by atoms with Crippen LogP contribution in [0.1, 0.15) is 34.5 Å². The molecule has 0 atom stereocenters. The minimum Gasteiger partial charge on any atom is -0.352 e. The van der Waals surface area contributed by atoms with Gasteiger partial charge in [0.2, 0.25) is 0 Å². The van der Waals surface area contributed by atoms with E-state index in [4.69, 9.17) is 0 Å². The topological polar surface area (TPSA) is 45.2 Å². The molecule has 0 bridgehead atoms. The zero-order valence-corrected chi connectivity index (χ0v) is 13.7. The highest BCUT2D eigenvalue weighted by Gasteiger charge is 2.15. The molecule has 0 aliphatic carbocycles. The summed E-state index contributed by atoms with van der Waals surface area (Å²) >= 11 is 1.71. The number of hydrogen-bond acceptors (Lipinski definition) is 4. The lowest BCUT2D eigenvalue weighted by Gasteiger charge is -2.12. The van der Waals surface area contributed by atoms with Crippen LogP contribution in [0.15, 0.2) is 29.6 Å². The highest BCUT2D eigenvalue weighted by atomic mass is 32.1. The lowest BCUT2D eigenvalue weighted by atomic mass is 10.1. The second kappa shape index (κ2) is 6.92. The van der Waals surface area contributed by atoms with E-state index in [1.54, 1.807) is 11.3 Å². The van der Waals surface area contributed by atoms with Gasteiger partial charge in [-0.1, -0.05) is 17.7 Å². The summed E-state index contributed by atoms with van der Waals surface area (Å²) in [5.41, 5.74) is 2.94. The quantitative estimate of drug-likeness (QED) is 0.922. The number of benzene rings is 1. The summed E-state index contributed by atoms with van der Waals surface area (Å²) in [7, 11) is 0. The van der Waals surface area contributed by atoms with E-state index < -0.39 is 0 Å². The first kappa shape index (κ1) is 15.0. The number of nitrogens with one attached hydrogen (secondary N) is 1. The number of hydrogen-bond donors (Lipinski definition) is 1. The molecule has 1 N–H and O–H groups in total. The summed E-state index contributed by atoms with van der Waals surface area (Å²) in [4.78, 5) is 19.0. The number of thiazole rings is 1. The van der Waals surface area contributed by atoms with E-state index in [-0.39, 0.29) is 5.91 Å². The summed E-state index contributed by atoms with van der Waals surface area (Å²) in [6.45, 7) is 4.88. The molecule has 1 aromatic heterocycles. The third-order valence-corrected chi connectivity index (χ3v) is 4.85. The number of amides is 1. The molecule has 2 aromatic rings. The van der Waals surface area contributed by atoms with Gasteiger partial charge >= 0.3 is 0 Å². The van der Waals surface area contributed by atoms with Gasteiger partial charge in [0, 0.05) is 37.0 Å². The molecule has 0 saturated carbocycles. The van der Waals surface area contributed by atoms with Crippen molar-refractivity contribution in [2.45, 2.75) is 26.2 Å². The van der Waals surface area contributed by atoms with E-state index in [9.17, 15) is 4.79 Å². The van der Waals surface area contributed by atoms with Gasteiger partial charge in [-0.3, -0.25) is 4.79 Å². The number of rotatable bonds is 5. The molecule has 22 heavy (non-hydrogen) atoms. The Morgan fingerprint density at radius 1 is 1.27 bits per heavy atom. The van der Waals surface area contributed by atoms with Crippen LogP contribution in [-0.4, -0.2) is 30.5 Å². The molecule has 1 aromatic carbocycles. The fraction of sp³-hybridized carbons (Fsp3) is 0.412. The Hall–Kier alpha value is -1.88. The standard InChI is InChI=1S/C17H21N3OS/c1-13-4-6-14(7-5-13)16(21)18-9-8-15-12-22-17(19-15)20-10-2-3-11-20/h4-7,12H,2-3,8-11H2,1H3,(H,18,21). The molecule has 0 unspecified atom stereocenters. The second-order valence-electron chi connectivity index (χ2n) is 5.69. The highest BCUT2D eigenvalue weighted by Crippen LogP contribution is 2.24. The molecule has 1 aliphatic rings. The smallest absolute Gasteiger partial charge is 0.251 e. The van der Waals surface area contributed by atoms with E-state index in [0.717, 1.165) is 35.9 Å². The Labute approximate surface area is 135 Å². The van der Waals surface area contributed by atoms with Crippen molar-refractivity contribution in [1.82, 2.24) is 10.3 Å². The molecular weight excluding hydrogens is 294 g/mol. The number of aromatic nitrogens is 1. The van der Waals surface area contributed by atoms with Crippen molar-refractivity contribution in [3.05, 3.63) is 46.5 Å². The van der Waals surface area contributed by atoms with Crippen LogP contribution in [0.4, 0.5) is 5.13 Å². The first-order valence-corrected chi connectivity index (χ1v) is 8.64. The van der Waals surface area contributed by atoms with Crippen molar-refractivity contribution in [1.29, 1.82) is 0 Å². The van der Waals surface area contributed by atoms with E-state index in [2.05, 4.69) is 20.6 Å². The molecule has 116 valence electrons. The molecule has 4 nitrogen and oxygen atoms in total. The van der Waals surface area contributed by atoms with Crippen molar-refractivity contribution in [2.75, 3.05) is 24.5 Å². The fourth-order valence-electron chi connectivity index (χ4n) is 2.58. The predicted octanol–water partition coefficient (Wildman–Crippen LogP) is 3.02. The molecule has 5 heteroatoms. The molecule has 0 radical (unpaired) electrons. The van der Waals surface area contributed by atoms with Crippen LogP contribution in [0.5, 0.6) is 0 Å². The maximum absolute atomic E-state index is 12.0. The van der Waals surface area contributed by atoms with Gasteiger partial charge in [-0.15, -0.1) is 11.3 Å². The van der Waals surface area contributed by atoms with Gasteiger partial charge in [-0.2, -0.15) is 0 Å². The van der Waals surface area contributed by atoms with Gasteiger partial charge in [0.05, 0.1) is 5.69 Å². The molecule has 1 aliphatic heterocycles. The number of aryl methyl sites for hydroxylation is 1. The maximum atomic E-state index is 12.0. The summed E-state index contributed by atoms with van der Waals surface area (Å²) in [6.07, 6.45) is 3.31. The van der Waals surface area contributed by atoms with E-state index in [1.165, 1.54) is 12.8 Å². The third-order valence-electron chi connectivity index (χ3n) is 3.90. The van der Waals surface area contributed by atoms with Crippen LogP contribution in [0.25, 0.3) is 0 Å². The molecule has 2 heterocycles. The number of nitrogens with zero attached hydrogens (tertiary/aromatic N) is 2. The normalized spacial score (nSPS) is 14.3. The maximum Gasteiger partial charge on any atom is 0.251 e. The number of carbonyl (C=O) groups is 1. The molecule has 1 saturated heterocycles. The lowest BCUT2D eigenvalue weighted by molar-refractivity contribution is 0.0954. The Morgan fingerprint density at radius 2 is 2.00 bits per heavy atom. The summed E-state index contributed by atoms with van der Waals surface area (Å²) in [5.74, 6) is -0.0185. The third kappa shape index (κ3) is 3.65. The van der Waals surface area contributed by atoms with Crippen LogP contribution >= 0.6 is 11.3 Å². The largest absolute Gasteiger partial charge is 0.352 e. The Morgan fingerprint density at radius 3 is 2.73 bits per heavy atom. The zero-order valence-electron chi connectivity index (χ0n) is 12.8. The highest BCUT2D eigenvalue weighted by molar-refractivity contribution is 7.13. The molecule has 1 fully saturated rings. The average Bonchev–Trinajstić information content (AvgIpc) is 3.19. The van der Waals surface area contributed by atoms with Gasteiger partial charge in [0.25, 0.3) is 5.91 Å². The summed E-state index contributed by atoms with van der Waals surface area (Å²) < 4.78 is 0. The van der Waals surface area contributed by atoms with E-state index in [0.29, 0.717) is 12.1 Å². The number of anilines is 1. The second-order valence-corrected chi connectivity index (χ2v) is 6.52. The Kier molecular flexibility index (Phi) is 4.73. The molecular formula is C17H21N3OS. The summed E-state index contributed by atoms with van der Waals surface area (Å²) in [5, 5.41) is 6.18. The van der Waals surface area contributed by atoms with Gasteiger partial charge in [0.1, 0.15) is 0 Å². The minimum absolute atomic E-state index is 0.0185. The van der Waals surface area contributed by atoms with Crippen molar-refractivity contribution in [2.24, 2.45) is 0 Å². The van der Waals surface area contributed by atoms with Crippen LogP contribution in [0, 0.1) is 6.92 Å². The number of carbonyl (C=O) groups excluding carboxylic acids is 1. The van der Waals surface area contributed by atoms with Gasteiger partial charge in [-0.05, 0) is 31.9 Å². The van der Waals surface area contributed by atoms with Gasteiger partial charge < -0.3 is 10.2 Å². The molecule has 1 amide bonds. The van der Waals surface area contributed by atoms with Crippen molar-refractivity contribution in [3.8, 4) is 0 Å². The van der Waals surface area contributed by atoms with Crippen molar-refractivity contribution < 1.29 is 4.79 Å². The lowest BCUT2D eigenvalue weighted by Crippen LogP contribution is -2.25. The van der Waals surface area contributed by atoms with Crippen molar-refractivity contribution in [3.63, 3.8) is 0 Å². The fourth-order valence-corrected chi connectivity index (χ4v) is 3.49.